The van der Waals surface area contributed by atoms with Gasteiger partial charge in [-0.05, 0) is 27.2 Å². The standard InChI is InChI=1S/C21H32N4O6S/c1-9(2)31-21(30)23-11(4)14-15-10(3)17(16(20(28)29)25(15)19(14)27)32-12-7-13(22-8-12)18(26)24(5)6/h9-15,22H,7-8H2,1-6H3,(H,23,30)(H,28,29)/t10-,11-,12+,13+,14-,15-/m1/s1. The number of hydrogen-bond donors (Lipinski definition) is 3. The first kappa shape index (κ1) is 24.4. The largest absolute Gasteiger partial charge is 0.477 e. The van der Waals surface area contributed by atoms with Crippen LogP contribution in [0, 0.1) is 11.8 Å². The van der Waals surface area contributed by atoms with E-state index in [9.17, 15) is 24.3 Å². The number of fused-ring (bicyclic) bond motifs is 1. The molecule has 3 aliphatic heterocycles. The van der Waals surface area contributed by atoms with E-state index in [1.807, 2.05) is 6.92 Å². The van der Waals surface area contributed by atoms with Crippen LogP contribution in [-0.2, 0) is 19.1 Å². The maximum atomic E-state index is 12.9. The number of ether oxygens (including phenoxy) is 1. The topological polar surface area (TPSA) is 128 Å². The molecule has 2 fully saturated rings. The Morgan fingerprint density at radius 2 is 1.94 bits per heavy atom. The maximum Gasteiger partial charge on any atom is 0.407 e. The molecule has 0 unspecified atom stereocenters. The van der Waals surface area contributed by atoms with E-state index in [1.165, 1.54) is 16.7 Å². The minimum absolute atomic E-state index is 0.00717. The molecule has 10 nitrogen and oxygen atoms in total. The normalized spacial score (nSPS) is 30.2. The van der Waals surface area contributed by atoms with Crippen molar-refractivity contribution < 1.29 is 29.0 Å². The number of rotatable bonds is 7. The third kappa shape index (κ3) is 4.45. The summed E-state index contributed by atoms with van der Waals surface area (Å²) in [5.74, 6) is -2.17. The molecule has 0 aromatic carbocycles. The Morgan fingerprint density at radius 1 is 1.28 bits per heavy atom. The van der Waals surface area contributed by atoms with Crippen molar-refractivity contribution in [2.24, 2.45) is 11.8 Å². The molecule has 0 saturated carbocycles. The number of β-lactam (4-membered cyclic amide) rings is 1. The molecule has 0 aromatic rings. The van der Waals surface area contributed by atoms with Crippen molar-refractivity contribution in [1.82, 2.24) is 20.4 Å². The van der Waals surface area contributed by atoms with Crippen molar-refractivity contribution in [2.45, 2.75) is 63.6 Å². The van der Waals surface area contributed by atoms with Crippen LogP contribution in [0.15, 0.2) is 10.6 Å². The number of likely N-dealkylation sites (N-methyl/N-ethyl adjacent to an activating group) is 1. The molecule has 3 heterocycles. The van der Waals surface area contributed by atoms with Crippen molar-refractivity contribution in [3.05, 3.63) is 10.6 Å². The van der Waals surface area contributed by atoms with E-state index in [4.69, 9.17) is 4.74 Å². The van der Waals surface area contributed by atoms with E-state index in [-0.39, 0.29) is 46.9 Å². The van der Waals surface area contributed by atoms with Crippen LogP contribution in [0.5, 0.6) is 0 Å². The Kier molecular flexibility index (Phi) is 7.09. The van der Waals surface area contributed by atoms with Crippen LogP contribution in [0.2, 0.25) is 0 Å². The van der Waals surface area contributed by atoms with E-state index in [2.05, 4.69) is 10.6 Å². The van der Waals surface area contributed by atoms with Crippen molar-refractivity contribution in [2.75, 3.05) is 20.6 Å². The summed E-state index contributed by atoms with van der Waals surface area (Å²) in [5.41, 5.74) is 0.0214. The number of amides is 3. The molecule has 6 atom stereocenters. The molecule has 3 N–H and O–H groups in total. The monoisotopic (exact) mass is 468 g/mol. The second kappa shape index (κ2) is 9.30. The van der Waals surface area contributed by atoms with Crippen LogP contribution in [0.3, 0.4) is 0 Å². The number of carbonyl (C=O) groups is 4. The van der Waals surface area contributed by atoms with Crippen LogP contribution < -0.4 is 10.6 Å². The Balaban J connectivity index is 1.73. The predicted octanol–water partition coefficient (Wildman–Crippen LogP) is 0.834. The third-order valence-electron chi connectivity index (χ3n) is 6.14. The molecule has 3 rings (SSSR count). The molecular formula is C21H32N4O6S. The van der Waals surface area contributed by atoms with E-state index in [0.29, 0.717) is 17.9 Å². The number of thioether (sulfide) groups is 1. The molecule has 0 spiro atoms. The van der Waals surface area contributed by atoms with Gasteiger partial charge < -0.3 is 30.3 Å². The first-order valence-corrected chi connectivity index (χ1v) is 11.7. The number of aliphatic carboxylic acids is 1. The molecule has 11 heteroatoms. The van der Waals surface area contributed by atoms with Crippen molar-refractivity contribution in [1.29, 1.82) is 0 Å². The molecule has 178 valence electrons. The third-order valence-corrected chi connectivity index (χ3v) is 7.65. The van der Waals surface area contributed by atoms with Crippen LogP contribution in [0.25, 0.3) is 0 Å². The molecule has 32 heavy (non-hydrogen) atoms. The second-order valence-electron chi connectivity index (χ2n) is 9.09. The molecule has 0 aliphatic carbocycles. The predicted molar refractivity (Wildman–Crippen MR) is 119 cm³/mol. The molecule has 0 bridgehead atoms. The van der Waals surface area contributed by atoms with Gasteiger partial charge >= 0.3 is 12.1 Å². The fraction of sp³-hybridized carbons (Fsp3) is 0.714. The maximum absolute atomic E-state index is 12.9. The Hall–Kier alpha value is -2.27. The number of hydrogen-bond acceptors (Lipinski definition) is 7. The highest BCUT2D eigenvalue weighted by molar-refractivity contribution is 8.03. The zero-order valence-corrected chi connectivity index (χ0v) is 20.1. The summed E-state index contributed by atoms with van der Waals surface area (Å²) < 4.78 is 5.11. The Labute approximate surface area is 192 Å². The zero-order chi connectivity index (χ0) is 23.9. The average molecular weight is 469 g/mol. The lowest BCUT2D eigenvalue weighted by atomic mass is 9.78. The lowest BCUT2D eigenvalue weighted by molar-refractivity contribution is -0.158. The van der Waals surface area contributed by atoms with Gasteiger partial charge in [-0.1, -0.05) is 6.92 Å². The summed E-state index contributed by atoms with van der Waals surface area (Å²) in [4.78, 5) is 52.8. The van der Waals surface area contributed by atoms with Crippen molar-refractivity contribution in [3.63, 3.8) is 0 Å². The summed E-state index contributed by atoms with van der Waals surface area (Å²) >= 11 is 1.44. The smallest absolute Gasteiger partial charge is 0.407 e. The highest BCUT2D eigenvalue weighted by Gasteiger charge is 2.60. The SMILES string of the molecule is CC(C)OC(=O)N[C@H](C)[C@H]1C(=O)N2C(C(=O)O)=C(S[C@@H]3CN[C@H](C(=O)N(C)C)C3)[C@H](C)[C@H]12. The van der Waals surface area contributed by atoms with Crippen LogP contribution in [0.4, 0.5) is 4.79 Å². The van der Waals surface area contributed by atoms with Gasteiger partial charge in [0, 0.05) is 42.8 Å². The van der Waals surface area contributed by atoms with Crippen molar-refractivity contribution in [3.8, 4) is 0 Å². The molecule has 0 radical (unpaired) electrons. The van der Waals surface area contributed by atoms with Crippen LogP contribution >= 0.6 is 11.8 Å². The van der Waals surface area contributed by atoms with Gasteiger partial charge in [0.15, 0.2) is 0 Å². The average Bonchev–Trinajstić information content (AvgIpc) is 3.22. The molecule has 2 saturated heterocycles. The fourth-order valence-corrected chi connectivity index (χ4v) is 6.17. The van der Waals surface area contributed by atoms with Crippen LogP contribution in [0.1, 0.15) is 34.1 Å². The van der Waals surface area contributed by atoms with E-state index in [1.54, 1.807) is 39.8 Å². The van der Waals surface area contributed by atoms with E-state index in [0.717, 1.165) is 0 Å². The van der Waals surface area contributed by atoms with Crippen LogP contribution in [-0.4, -0.2) is 88.9 Å². The second-order valence-corrected chi connectivity index (χ2v) is 10.4. The summed E-state index contributed by atoms with van der Waals surface area (Å²) in [6, 6.07) is -1.12. The van der Waals surface area contributed by atoms with Gasteiger partial charge in [0.05, 0.1) is 24.1 Å². The number of carboxylic acid groups (broad SMARTS) is 1. The quantitative estimate of drug-likeness (QED) is 0.469. The molecule has 3 amide bonds. The van der Waals surface area contributed by atoms with Gasteiger partial charge in [-0.3, -0.25) is 9.59 Å². The molecule has 0 aromatic heterocycles. The minimum Gasteiger partial charge on any atom is -0.477 e. The summed E-state index contributed by atoms with van der Waals surface area (Å²) in [6.45, 7) is 7.71. The number of alkyl carbamates (subject to hydrolysis) is 1. The van der Waals surface area contributed by atoms with E-state index < -0.39 is 24.0 Å². The molecular weight excluding hydrogens is 436 g/mol. The Morgan fingerprint density at radius 3 is 2.50 bits per heavy atom. The summed E-state index contributed by atoms with van der Waals surface area (Å²) in [5, 5.41) is 15.8. The zero-order valence-electron chi connectivity index (χ0n) is 19.2. The summed E-state index contributed by atoms with van der Waals surface area (Å²) in [6.07, 6.45) is -0.294. The number of nitrogens with one attached hydrogen (secondary N) is 2. The minimum atomic E-state index is -1.14. The van der Waals surface area contributed by atoms with E-state index >= 15 is 0 Å². The summed E-state index contributed by atoms with van der Waals surface area (Å²) in [7, 11) is 3.41. The van der Waals surface area contributed by atoms with Gasteiger partial charge in [0.1, 0.15) is 5.70 Å². The Bertz CT molecular complexity index is 844. The van der Waals surface area contributed by atoms with Gasteiger partial charge in [0.25, 0.3) is 0 Å². The highest BCUT2D eigenvalue weighted by Crippen LogP contribution is 2.51. The van der Waals surface area contributed by atoms with Crippen molar-refractivity contribution >= 4 is 35.6 Å². The van der Waals surface area contributed by atoms with Gasteiger partial charge in [-0.2, -0.15) is 0 Å². The lowest BCUT2D eigenvalue weighted by Crippen LogP contribution is -2.66. The number of carboxylic acids is 1. The highest BCUT2D eigenvalue weighted by atomic mass is 32.2. The van der Waals surface area contributed by atoms with Gasteiger partial charge in [0.2, 0.25) is 11.8 Å². The lowest BCUT2D eigenvalue weighted by Gasteiger charge is -2.47. The van der Waals surface area contributed by atoms with Gasteiger partial charge in [-0.25, -0.2) is 9.59 Å². The fourth-order valence-electron chi connectivity index (χ4n) is 4.69. The number of nitrogens with zero attached hydrogens (tertiary/aromatic N) is 2. The molecule has 3 aliphatic rings. The number of carbonyl (C=O) groups excluding carboxylic acids is 3. The first-order valence-electron chi connectivity index (χ1n) is 10.8. The first-order chi connectivity index (χ1) is 14.9. The van der Waals surface area contributed by atoms with Gasteiger partial charge in [-0.15, -0.1) is 11.8 Å².